The number of hydrogen-bond donors (Lipinski definition) is 0. The predicted molar refractivity (Wildman–Crippen MR) is 76.0 cm³/mol. The van der Waals surface area contributed by atoms with Crippen molar-refractivity contribution in [2.75, 3.05) is 7.11 Å². The standard InChI is InChI=1S/C13H7Cl3FNO2/c1-20-13(19)12-8(15)4-5-9(18-12)6-2-3-7(14)11(17)10(6)16/h2-5H,1H3. The van der Waals surface area contributed by atoms with Crippen molar-refractivity contribution in [2.24, 2.45) is 0 Å². The number of hydrogen-bond acceptors (Lipinski definition) is 3. The normalized spacial score (nSPS) is 10.4. The Kier molecular flexibility index (Phi) is 4.48. The molecule has 2 aromatic rings. The highest BCUT2D eigenvalue weighted by atomic mass is 35.5. The molecule has 1 heterocycles. The lowest BCUT2D eigenvalue weighted by molar-refractivity contribution is 0.0594. The maximum absolute atomic E-state index is 13.7. The predicted octanol–water partition coefficient (Wildman–Crippen LogP) is 4.63. The molecule has 0 N–H and O–H groups in total. The second kappa shape index (κ2) is 5.95. The van der Waals surface area contributed by atoms with Gasteiger partial charge in [-0.1, -0.05) is 34.8 Å². The number of esters is 1. The molecule has 2 rings (SSSR count). The Bertz CT molecular complexity index is 692. The van der Waals surface area contributed by atoms with Gasteiger partial charge in [0.2, 0.25) is 0 Å². The van der Waals surface area contributed by atoms with E-state index in [1.54, 1.807) is 0 Å². The van der Waals surface area contributed by atoms with E-state index in [4.69, 9.17) is 34.8 Å². The summed E-state index contributed by atoms with van der Waals surface area (Å²) in [5.41, 5.74) is 0.517. The number of pyridine rings is 1. The molecule has 0 saturated carbocycles. The molecule has 0 atom stereocenters. The van der Waals surface area contributed by atoms with Crippen molar-refractivity contribution < 1.29 is 13.9 Å². The van der Waals surface area contributed by atoms with Gasteiger partial charge in [-0.05, 0) is 24.3 Å². The first-order chi connectivity index (χ1) is 9.45. The molecule has 1 aromatic carbocycles. The molecule has 1 aromatic heterocycles. The van der Waals surface area contributed by atoms with Crippen LogP contribution in [0.5, 0.6) is 0 Å². The first-order valence-corrected chi connectivity index (χ1v) is 6.47. The summed E-state index contributed by atoms with van der Waals surface area (Å²) in [7, 11) is 1.21. The van der Waals surface area contributed by atoms with E-state index < -0.39 is 11.8 Å². The maximum Gasteiger partial charge on any atom is 0.358 e. The Morgan fingerprint density at radius 2 is 1.80 bits per heavy atom. The highest BCUT2D eigenvalue weighted by molar-refractivity contribution is 6.36. The SMILES string of the molecule is COC(=O)c1nc(-c2ccc(Cl)c(F)c2Cl)ccc1Cl. The van der Waals surface area contributed by atoms with Crippen LogP contribution in [0.15, 0.2) is 24.3 Å². The maximum atomic E-state index is 13.7. The van der Waals surface area contributed by atoms with E-state index in [9.17, 15) is 9.18 Å². The summed E-state index contributed by atoms with van der Waals surface area (Å²) in [6, 6.07) is 5.83. The van der Waals surface area contributed by atoms with E-state index in [0.29, 0.717) is 5.56 Å². The van der Waals surface area contributed by atoms with E-state index in [2.05, 4.69) is 9.72 Å². The first kappa shape index (κ1) is 15.0. The fourth-order valence-electron chi connectivity index (χ4n) is 1.56. The zero-order valence-corrected chi connectivity index (χ0v) is 12.4. The van der Waals surface area contributed by atoms with Crippen molar-refractivity contribution >= 4 is 40.8 Å². The minimum absolute atomic E-state index is 0.0712. The summed E-state index contributed by atoms with van der Waals surface area (Å²) in [5, 5.41) is -0.143. The van der Waals surface area contributed by atoms with Gasteiger partial charge in [0.25, 0.3) is 0 Å². The number of nitrogens with zero attached hydrogens (tertiary/aromatic N) is 1. The molecular formula is C13H7Cl3FNO2. The monoisotopic (exact) mass is 333 g/mol. The molecule has 104 valence electrons. The topological polar surface area (TPSA) is 39.2 Å². The van der Waals surface area contributed by atoms with Crippen molar-refractivity contribution in [3.63, 3.8) is 0 Å². The van der Waals surface area contributed by atoms with Gasteiger partial charge in [0, 0.05) is 5.56 Å². The van der Waals surface area contributed by atoms with Gasteiger partial charge in [0.1, 0.15) is 0 Å². The van der Waals surface area contributed by atoms with Crippen molar-refractivity contribution in [1.29, 1.82) is 0 Å². The van der Waals surface area contributed by atoms with Gasteiger partial charge in [0.15, 0.2) is 11.5 Å². The molecule has 0 fully saturated rings. The second-order valence-electron chi connectivity index (χ2n) is 3.74. The third-order valence-electron chi connectivity index (χ3n) is 2.54. The van der Waals surface area contributed by atoms with Gasteiger partial charge < -0.3 is 4.74 Å². The van der Waals surface area contributed by atoms with E-state index in [1.165, 1.54) is 31.4 Å². The minimum Gasteiger partial charge on any atom is -0.464 e. The number of ether oxygens (including phenoxy) is 1. The van der Waals surface area contributed by atoms with Crippen molar-refractivity contribution in [1.82, 2.24) is 4.98 Å². The van der Waals surface area contributed by atoms with Gasteiger partial charge in [-0.2, -0.15) is 0 Å². The summed E-state index contributed by atoms with van der Waals surface area (Å²) in [6.45, 7) is 0. The van der Waals surface area contributed by atoms with Gasteiger partial charge in [-0.15, -0.1) is 0 Å². The van der Waals surface area contributed by atoms with Gasteiger partial charge in [0.05, 0.1) is 27.9 Å². The zero-order valence-electron chi connectivity index (χ0n) is 10.1. The highest BCUT2D eigenvalue weighted by Crippen LogP contribution is 2.33. The minimum atomic E-state index is -0.748. The van der Waals surface area contributed by atoms with Crippen LogP contribution in [0.25, 0.3) is 11.3 Å². The summed E-state index contributed by atoms with van der Waals surface area (Å²) in [6.07, 6.45) is 0. The average molecular weight is 335 g/mol. The number of halogens is 4. The van der Waals surface area contributed by atoms with Crippen LogP contribution in [0.2, 0.25) is 15.1 Å². The molecule has 0 aliphatic carbocycles. The number of rotatable bonds is 2. The highest BCUT2D eigenvalue weighted by Gasteiger charge is 2.17. The quantitative estimate of drug-likeness (QED) is 0.593. The van der Waals surface area contributed by atoms with E-state index >= 15 is 0 Å². The van der Waals surface area contributed by atoms with E-state index in [1.807, 2.05) is 0 Å². The third kappa shape index (κ3) is 2.73. The van der Waals surface area contributed by atoms with Crippen LogP contribution in [0, 0.1) is 5.82 Å². The number of carbonyl (C=O) groups is 1. The molecular weight excluding hydrogens is 328 g/mol. The van der Waals surface area contributed by atoms with Crippen LogP contribution in [-0.4, -0.2) is 18.1 Å². The average Bonchev–Trinajstić information content (AvgIpc) is 2.45. The molecule has 7 heteroatoms. The largest absolute Gasteiger partial charge is 0.464 e. The van der Waals surface area contributed by atoms with Crippen LogP contribution in [0.3, 0.4) is 0 Å². The van der Waals surface area contributed by atoms with Crippen molar-refractivity contribution in [2.45, 2.75) is 0 Å². The summed E-state index contributed by atoms with van der Waals surface area (Å²) >= 11 is 17.4. The number of carbonyl (C=O) groups excluding carboxylic acids is 1. The van der Waals surface area contributed by atoms with Crippen LogP contribution in [0.4, 0.5) is 4.39 Å². The molecule has 0 saturated heterocycles. The summed E-state index contributed by atoms with van der Waals surface area (Å²) < 4.78 is 18.2. The molecule has 0 aliphatic rings. The van der Waals surface area contributed by atoms with Crippen LogP contribution in [0.1, 0.15) is 10.5 Å². The Balaban J connectivity index is 2.60. The van der Waals surface area contributed by atoms with Crippen LogP contribution < -0.4 is 0 Å². The Labute approximate surface area is 129 Å². The Morgan fingerprint density at radius 3 is 2.45 bits per heavy atom. The van der Waals surface area contributed by atoms with Gasteiger partial charge >= 0.3 is 5.97 Å². The van der Waals surface area contributed by atoms with Crippen LogP contribution >= 0.6 is 34.8 Å². The molecule has 0 amide bonds. The molecule has 3 nitrogen and oxygen atoms in total. The lowest BCUT2D eigenvalue weighted by atomic mass is 10.1. The summed E-state index contributed by atoms with van der Waals surface area (Å²) in [5.74, 6) is -1.44. The zero-order chi connectivity index (χ0) is 14.9. The fraction of sp³-hybridized carbons (Fsp3) is 0.0769. The smallest absolute Gasteiger partial charge is 0.358 e. The fourth-order valence-corrected chi connectivity index (χ4v) is 2.21. The Hall–Kier alpha value is -1.36. The number of benzene rings is 1. The molecule has 20 heavy (non-hydrogen) atoms. The molecule has 0 bridgehead atoms. The molecule has 0 spiro atoms. The molecule has 0 radical (unpaired) electrons. The second-order valence-corrected chi connectivity index (χ2v) is 4.93. The molecule has 0 unspecified atom stereocenters. The van der Waals surface area contributed by atoms with Crippen molar-refractivity contribution in [3.05, 3.63) is 50.8 Å². The van der Waals surface area contributed by atoms with E-state index in [0.717, 1.165) is 0 Å². The van der Waals surface area contributed by atoms with Gasteiger partial charge in [-0.3, -0.25) is 0 Å². The number of methoxy groups -OCH3 is 1. The lowest BCUT2D eigenvalue weighted by Gasteiger charge is -2.08. The van der Waals surface area contributed by atoms with Gasteiger partial charge in [-0.25, -0.2) is 14.2 Å². The third-order valence-corrected chi connectivity index (χ3v) is 3.50. The summed E-state index contributed by atoms with van der Waals surface area (Å²) in [4.78, 5) is 15.6. The van der Waals surface area contributed by atoms with E-state index in [-0.39, 0.29) is 26.5 Å². The van der Waals surface area contributed by atoms with Crippen molar-refractivity contribution in [3.8, 4) is 11.3 Å². The van der Waals surface area contributed by atoms with Crippen LogP contribution in [-0.2, 0) is 4.74 Å². The first-order valence-electron chi connectivity index (χ1n) is 5.34. The number of aromatic nitrogens is 1. The Morgan fingerprint density at radius 1 is 1.15 bits per heavy atom. The molecule has 0 aliphatic heterocycles. The lowest BCUT2D eigenvalue weighted by Crippen LogP contribution is -2.06.